The average Bonchev–Trinajstić information content (AvgIpc) is 2.83. The molecule has 2 aromatic rings. The lowest BCUT2D eigenvalue weighted by Crippen LogP contribution is -2.30. The average molecular weight is 478 g/mol. The lowest BCUT2D eigenvalue weighted by Gasteiger charge is -2.19. The molecule has 2 aromatic carbocycles. The molecule has 7 nitrogen and oxygen atoms in total. The second-order valence-electron chi connectivity index (χ2n) is 7.79. The lowest BCUT2D eigenvalue weighted by atomic mass is 10.1. The number of nitrogens with one attached hydrogen (secondary N) is 1. The monoisotopic (exact) mass is 477 g/mol. The first-order valence-electron chi connectivity index (χ1n) is 11.6. The molecule has 0 heterocycles. The molecule has 0 aliphatic heterocycles. The van der Waals surface area contributed by atoms with Gasteiger partial charge >= 0.3 is 13.9 Å². The minimum Gasteiger partial charge on any atom is -0.447 e. The summed E-state index contributed by atoms with van der Waals surface area (Å²) >= 11 is 0. The Bertz CT molecular complexity index is 786. The van der Waals surface area contributed by atoms with Gasteiger partial charge in [0.1, 0.15) is 6.10 Å². The molecule has 33 heavy (non-hydrogen) atoms. The highest BCUT2D eigenvalue weighted by Gasteiger charge is 2.27. The Hall–Kier alpha value is -2.18. The summed E-state index contributed by atoms with van der Waals surface area (Å²) in [5.41, 5.74) is 1.69. The quantitative estimate of drug-likeness (QED) is 0.216. The Labute approximate surface area is 197 Å². The van der Waals surface area contributed by atoms with Crippen LogP contribution in [0.5, 0.6) is 0 Å². The molecular formula is C25H36NO6P. The number of unbranched alkanes of at least 4 members (excludes halogenated alkanes) is 3. The molecule has 2 rings (SSSR count). The van der Waals surface area contributed by atoms with E-state index in [-0.39, 0.29) is 32.5 Å². The smallest absolute Gasteiger partial charge is 0.447 e. The molecule has 0 aromatic heterocycles. The van der Waals surface area contributed by atoms with Gasteiger partial charge in [-0.2, -0.15) is 0 Å². The predicted molar refractivity (Wildman–Crippen MR) is 129 cm³/mol. The first-order valence-corrected chi connectivity index (χ1v) is 13.0. The Morgan fingerprint density at radius 1 is 0.879 bits per heavy atom. The van der Waals surface area contributed by atoms with Gasteiger partial charge in [0.15, 0.2) is 0 Å². The molecule has 8 heteroatoms. The van der Waals surface area contributed by atoms with E-state index < -0.39 is 13.9 Å². The van der Waals surface area contributed by atoms with Crippen molar-refractivity contribution in [3.8, 4) is 0 Å². The van der Waals surface area contributed by atoms with Crippen molar-refractivity contribution < 1.29 is 27.7 Å². The Balaban J connectivity index is 1.77. The largest absolute Gasteiger partial charge is 0.475 e. The van der Waals surface area contributed by atoms with Crippen LogP contribution in [0.2, 0.25) is 0 Å². The number of rotatable bonds is 16. The third kappa shape index (κ3) is 12.0. The summed E-state index contributed by atoms with van der Waals surface area (Å²) in [5, 5.41) is 2.62. The van der Waals surface area contributed by atoms with Crippen LogP contribution in [0, 0.1) is 0 Å². The van der Waals surface area contributed by atoms with Crippen LogP contribution < -0.4 is 5.32 Å². The summed E-state index contributed by atoms with van der Waals surface area (Å²) in [4.78, 5) is 12.0. The summed E-state index contributed by atoms with van der Waals surface area (Å²) in [6.07, 6.45) is 4.69. The number of hydrogen-bond donors (Lipinski definition) is 1. The number of benzene rings is 2. The molecule has 1 amide bonds. The van der Waals surface area contributed by atoms with Crippen molar-refractivity contribution in [1.82, 2.24) is 5.32 Å². The molecule has 1 N–H and O–H groups in total. The topological polar surface area (TPSA) is 83.1 Å². The van der Waals surface area contributed by atoms with Crippen molar-refractivity contribution in [2.75, 3.05) is 13.2 Å². The van der Waals surface area contributed by atoms with Crippen LogP contribution in [0.25, 0.3) is 0 Å². The van der Waals surface area contributed by atoms with Gasteiger partial charge in [0.25, 0.3) is 0 Å². The maximum atomic E-state index is 13.1. The third-order valence-electron chi connectivity index (χ3n) is 4.86. The number of phosphoric acid groups is 1. The van der Waals surface area contributed by atoms with Crippen LogP contribution in [0.4, 0.5) is 4.79 Å². The normalized spacial score (nSPS) is 12.3. The van der Waals surface area contributed by atoms with Crippen molar-refractivity contribution in [3.63, 3.8) is 0 Å². The van der Waals surface area contributed by atoms with Gasteiger partial charge in [-0.25, -0.2) is 9.36 Å². The zero-order valence-electron chi connectivity index (χ0n) is 19.6. The molecule has 1 atom stereocenters. The van der Waals surface area contributed by atoms with Crippen molar-refractivity contribution in [2.24, 2.45) is 0 Å². The number of phosphoric ester groups is 1. The molecule has 1 unspecified atom stereocenters. The highest BCUT2D eigenvalue weighted by Crippen LogP contribution is 2.50. The number of alkyl carbamates (subject to hydrolysis) is 1. The van der Waals surface area contributed by atoms with E-state index in [9.17, 15) is 9.36 Å². The third-order valence-corrected chi connectivity index (χ3v) is 6.25. The summed E-state index contributed by atoms with van der Waals surface area (Å²) in [5.74, 6) is 0. The van der Waals surface area contributed by atoms with Crippen LogP contribution in [-0.4, -0.2) is 25.3 Å². The van der Waals surface area contributed by atoms with Gasteiger partial charge in [-0.05, 0) is 30.9 Å². The van der Waals surface area contributed by atoms with E-state index in [0.29, 0.717) is 0 Å². The Morgan fingerprint density at radius 3 is 2.00 bits per heavy atom. The first kappa shape index (κ1) is 27.1. The fourth-order valence-corrected chi connectivity index (χ4v) is 4.17. The number of amides is 1. The first-order chi connectivity index (χ1) is 16.0. The fraction of sp³-hybridized carbons (Fsp3) is 0.480. The van der Waals surface area contributed by atoms with E-state index in [1.807, 2.05) is 67.6 Å². The minimum absolute atomic E-state index is 0.0408. The van der Waals surface area contributed by atoms with Crippen LogP contribution in [0.3, 0.4) is 0 Å². The van der Waals surface area contributed by atoms with Gasteiger partial charge in [0.05, 0.1) is 19.8 Å². The maximum Gasteiger partial charge on any atom is 0.475 e. The second kappa shape index (κ2) is 15.6. The number of carbonyl (C=O) groups is 1. The van der Waals surface area contributed by atoms with Gasteiger partial charge in [0, 0.05) is 6.54 Å². The fourth-order valence-electron chi connectivity index (χ4n) is 3.02. The van der Waals surface area contributed by atoms with Crippen LogP contribution in [0.15, 0.2) is 60.7 Å². The number of carbonyl (C=O) groups excluding carboxylic acids is 1. The van der Waals surface area contributed by atoms with Crippen molar-refractivity contribution in [1.29, 1.82) is 0 Å². The summed E-state index contributed by atoms with van der Waals surface area (Å²) in [6, 6.07) is 18.7. The van der Waals surface area contributed by atoms with Gasteiger partial charge < -0.3 is 10.1 Å². The lowest BCUT2D eigenvalue weighted by molar-refractivity contribution is 0.0905. The summed E-state index contributed by atoms with van der Waals surface area (Å²) in [6.45, 7) is 4.28. The molecule has 0 aliphatic carbocycles. The zero-order chi connectivity index (χ0) is 23.8. The van der Waals surface area contributed by atoms with Crippen LogP contribution in [-0.2, 0) is 36.1 Å². The van der Waals surface area contributed by atoms with E-state index in [2.05, 4.69) is 12.2 Å². The van der Waals surface area contributed by atoms with E-state index in [0.717, 1.165) is 30.4 Å². The number of ether oxygens (including phenoxy) is 1. The van der Waals surface area contributed by atoms with Gasteiger partial charge in [-0.1, -0.05) is 86.8 Å². The second-order valence-corrected chi connectivity index (χ2v) is 9.46. The van der Waals surface area contributed by atoms with Crippen LogP contribution >= 0.6 is 7.82 Å². The van der Waals surface area contributed by atoms with Crippen molar-refractivity contribution in [2.45, 2.75) is 65.3 Å². The predicted octanol–water partition coefficient (Wildman–Crippen LogP) is 6.63. The van der Waals surface area contributed by atoms with Gasteiger partial charge in [-0.15, -0.1) is 0 Å². The molecule has 182 valence electrons. The van der Waals surface area contributed by atoms with E-state index in [4.69, 9.17) is 18.3 Å². The molecular weight excluding hydrogens is 441 g/mol. The van der Waals surface area contributed by atoms with Gasteiger partial charge in [0.2, 0.25) is 0 Å². The van der Waals surface area contributed by atoms with E-state index in [1.54, 1.807) is 0 Å². The molecule has 0 saturated carbocycles. The highest BCUT2D eigenvalue weighted by molar-refractivity contribution is 7.48. The van der Waals surface area contributed by atoms with Crippen molar-refractivity contribution in [3.05, 3.63) is 71.8 Å². The molecule has 0 bridgehead atoms. The Morgan fingerprint density at radius 2 is 1.45 bits per heavy atom. The van der Waals surface area contributed by atoms with E-state index in [1.165, 1.54) is 12.8 Å². The highest BCUT2D eigenvalue weighted by atomic mass is 31.2. The Kier molecular flexibility index (Phi) is 12.8. The van der Waals surface area contributed by atoms with Crippen molar-refractivity contribution >= 4 is 13.9 Å². The van der Waals surface area contributed by atoms with E-state index >= 15 is 0 Å². The summed E-state index contributed by atoms with van der Waals surface area (Å²) < 4.78 is 35.0. The minimum atomic E-state index is -3.85. The number of hydrogen-bond acceptors (Lipinski definition) is 6. The summed E-state index contributed by atoms with van der Waals surface area (Å²) in [7, 11) is -3.85. The molecule has 0 radical (unpaired) electrons. The molecule has 0 fully saturated rings. The van der Waals surface area contributed by atoms with Gasteiger partial charge in [-0.3, -0.25) is 13.6 Å². The maximum absolute atomic E-state index is 13.1. The standard InChI is InChI=1S/C25H36NO6P/c1-3-4-5-8-13-22(2)32-25(27)26-18-19-29-33(28,30-20-23-14-9-6-10-15-23)31-21-24-16-11-7-12-17-24/h6-7,9-12,14-17,22H,3-5,8,13,18-21H2,1-2H3,(H,26,27). The SMILES string of the molecule is CCCCCCC(C)OC(=O)NCCOP(=O)(OCc1ccccc1)OCc1ccccc1. The molecule has 0 aliphatic rings. The molecule has 0 saturated heterocycles. The zero-order valence-corrected chi connectivity index (χ0v) is 20.5. The van der Waals surface area contributed by atoms with Crippen LogP contribution in [0.1, 0.15) is 57.1 Å². The molecule has 0 spiro atoms.